The zero-order valence-electron chi connectivity index (χ0n) is 7.03. The van der Waals surface area contributed by atoms with Gasteiger partial charge < -0.3 is 5.32 Å². The van der Waals surface area contributed by atoms with Crippen molar-refractivity contribution in [2.75, 3.05) is 16.9 Å². The first-order valence-electron chi connectivity index (χ1n) is 3.91. The predicted octanol–water partition coefficient (Wildman–Crippen LogP) is 1.89. The maximum absolute atomic E-state index is 11.1. The second kappa shape index (κ2) is 3.38. The Bertz CT molecular complexity index is 408. The Balaban J connectivity index is 2.50. The van der Waals surface area contributed by atoms with Crippen LogP contribution in [0.2, 0.25) is 0 Å². The molecule has 0 atom stereocenters. The minimum absolute atomic E-state index is 0.0296. The van der Waals surface area contributed by atoms with Crippen LogP contribution >= 0.6 is 15.9 Å². The summed E-state index contributed by atoms with van der Waals surface area (Å²) in [5.41, 5.74) is 1.21. The quantitative estimate of drug-likeness (QED) is 0.780. The first-order valence-corrected chi connectivity index (χ1v) is 4.70. The van der Waals surface area contributed by atoms with Crippen molar-refractivity contribution in [1.29, 1.82) is 0 Å². The van der Waals surface area contributed by atoms with E-state index in [1.165, 1.54) is 0 Å². The molecule has 0 saturated carbocycles. The van der Waals surface area contributed by atoms with Crippen LogP contribution in [-0.2, 0) is 4.79 Å². The largest absolute Gasteiger partial charge is 0.323 e. The van der Waals surface area contributed by atoms with E-state index < -0.39 is 0 Å². The lowest BCUT2D eigenvalue weighted by atomic mass is 10.2. The highest BCUT2D eigenvalue weighted by Gasteiger charge is 2.22. The second-order valence-electron chi connectivity index (χ2n) is 2.85. The van der Waals surface area contributed by atoms with Crippen LogP contribution in [0.1, 0.15) is 0 Å². The van der Waals surface area contributed by atoms with E-state index in [-0.39, 0.29) is 12.5 Å². The molecule has 0 unspecified atom stereocenters. The fourth-order valence-electron chi connectivity index (χ4n) is 1.32. The van der Waals surface area contributed by atoms with E-state index in [9.17, 15) is 9.70 Å². The van der Waals surface area contributed by atoms with E-state index in [0.29, 0.717) is 11.4 Å². The van der Waals surface area contributed by atoms with Gasteiger partial charge in [0.15, 0.2) is 0 Å². The van der Waals surface area contributed by atoms with E-state index in [1.54, 1.807) is 18.2 Å². The summed E-state index contributed by atoms with van der Waals surface area (Å²) >= 11 is 3.27. The lowest BCUT2D eigenvalue weighted by Gasteiger charge is -2.23. The highest BCUT2D eigenvalue weighted by Crippen LogP contribution is 2.31. The van der Waals surface area contributed by atoms with Gasteiger partial charge in [-0.15, -0.1) is 4.91 Å². The number of nitrogens with zero attached hydrogens (tertiary/aromatic N) is 2. The third kappa shape index (κ3) is 1.48. The molecule has 0 saturated heterocycles. The predicted molar refractivity (Wildman–Crippen MR) is 55.9 cm³/mol. The molecule has 1 heterocycles. The van der Waals surface area contributed by atoms with Crippen LogP contribution in [0.15, 0.2) is 28.0 Å². The zero-order valence-corrected chi connectivity index (χ0v) is 8.61. The molecule has 0 aromatic heterocycles. The molecule has 5 nitrogen and oxygen atoms in total. The molecule has 72 valence electrons. The van der Waals surface area contributed by atoms with E-state index in [1.807, 2.05) is 0 Å². The third-order valence-corrected chi connectivity index (χ3v) is 2.40. The number of anilines is 2. The van der Waals surface area contributed by atoms with Gasteiger partial charge in [-0.3, -0.25) is 4.79 Å². The van der Waals surface area contributed by atoms with Gasteiger partial charge in [-0.05, 0) is 18.2 Å². The maximum Gasteiger partial charge on any atom is 0.246 e. The Labute approximate surface area is 88.2 Å². The SMILES string of the molecule is O=NN1CC(=O)Nc2cc(Br)ccc21. The number of hydrogen-bond donors (Lipinski definition) is 1. The summed E-state index contributed by atoms with van der Waals surface area (Å²) in [7, 11) is 0. The minimum Gasteiger partial charge on any atom is -0.323 e. The van der Waals surface area contributed by atoms with Crippen LogP contribution in [-0.4, -0.2) is 12.5 Å². The van der Waals surface area contributed by atoms with E-state index in [4.69, 9.17) is 0 Å². The molecular formula is C8H6BrN3O2. The Morgan fingerprint density at radius 2 is 2.29 bits per heavy atom. The van der Waals surface area contributed by atoms with Gasteiger partial charge >= 0.3 is 0 Å². The third-order valence-electron chi connectivity index (χ3n) is 1.90. The van der Waals surface area contributed by atoms with Crippen molar-refractivity contribution in [1.82, 2.24) is 0 Å². The number of halogens is 1. The summed E-state index contributed by atoms with van der Waals surface area (Å²) in [5.74, 6) is -0.241. The molecule has 0 radical (unpaired) electrons. The standard InChI is InChI=1S/C8H6BrN3O2/c9-5-1-2-7-6(3-5)10-8(13)4-12(7)11-14/h1-3H,4H2,(H,10,13). The average molecular weight is 256 g/mol. The first kappa shape index (κ1) is 9.14. The Hall–Kier alpha value is -1.43. The summed E-state index contributed by atoms with van der Waals surface area (Å²) in [6, 6.07) is 5.24. The molecule has 1 aromatic rings. The number of hydrogen-bond acceptors (Lipinski definition) is 3. The topological polar surface area (TPSA) is 61.8 Å². The lowest BCUT2D eigenvalue weighted by molar-refractivity contribution is -0.115. The van der Waals surface area contributed by atoms with Crippen LogP contribution in [0.25, 0.3) is 0 Å². The van der Waals surface area contributed by atoms with Crippen molar-refractivity contribution in [3.8, 4) is 0 Å². The number of benzene rings is 1. The number of fused-ring (bicyclic) bond motifs is 1. The molecule has 14 heavy (non-hydrogen) atoms. The van der Waals surface area contributed by atoms with Gasteiger partial charge in [-0.25, -0.2) is 5.01 Å². The molecule has 1 aliphatic heterocycles. The van der Waals surface area contributed by atoms with Gasteiger partial charge in [0.2, 0.25) is 5.91 Å². The highest BCUT2D eigenvalue weighted by atomic mass is 79.9. The van der Waals surface area contributed by atoms with Crippen molar-refractivity contribution in [3.63, 3.8) is 0 Å². The van der Waals surface area contributed by atoms with Gasteiger partial charge in [-0.1, -0.05) is 15.9 Å². The Morgan fingerprint density at radius 3 is 3.00 bits per heavy atom. The molecule has 0 aliphatic carbocycles. The van der Waals surface area contributed by atoms with Gasteiger partial charge in [0, 0.05) is 4.47 Å². The summed E-state index contributed by atoms with van der Waals surface area (Å²) in [6.45, 7) is -0.0296. The summed E-state index contributed by atoms with van der Waals surface area (Å²) < 4.78 is 0.837. The van der Waals surface area contributed by atoms with Gasteiger partial charge in [0.05, 0.1) is 16.7 Å². The summed E-state index contributed by atoms with van der Waals surface area (Å²) in [5, 5.41) is 6.56. The Morgan fingerprint density at radius 1 is 1.50 bits per heavy atom. The molecule has 0 bridgehead atoms. The summed E-state index contributed by atoms with van der Waals surface area (Å²) in [6.07, 6.45) is 0. The minimum atomic E-state index is -0.241. The molecule has 1 aromatic carbocycles. The van der Waals surface area contributed by atoms with E-state index >= 15 is 0 Å². The number of nitrogens with one attached hydrogen (secondary N) is 1. The summed E-state index contributed by atoms with van der Waals surface area (Å²) in [4.78, 5) is 21.6. The number of rotatable bonds is 1. The second-order valence-corrected chi connectivity index (χ2v) is 3.76. The number of carbonyl (C=O) groups excluding carboxylic acids is 1. The molecule has 1 aliphatic rings. The molecule has 6 heteroatoms. The molecule has 1 N–H and O–H groups in total. The Kier molecular flexibility index (Phi) is 2.20. The van der Waals surface area contributed by atoms with Crippen LogP contribution in [0, 0.1) is 4.91 Å². The fraction of sp³-hybridized carbons (Fsp3) is 0.125. The lowest BCUT2D eigenvalue weighted by Crippen LogP contribution is -2.34. The van der Waals surface area contributed by atoms with Crippen LogP contribution in [0.4, 0.5) is 11.4 Å². The van der Waals surface area contributed by atoms with E-state index in [0.717, 1.165) is 9.48 Å². The zero-order chi connectivity index (χ0) is 10.1. The smallest absolute Gasteiger partial charge is 0.246 e. The average Bonchev–Trinajstić information content (AvgIpc) is 2.15. The fourth-order valence-corrected chi connectivity index (χ4v) is 1.68. The van der Waals surface area contributed by atoms with Crippen molar-refractivity contribution >= 4 is 33.2 Å². The number of amides is 1. The molecule has 0 fully saturated rings. The van der Waals surface area contributed by atoms with Crippen LogP contribution < -0.4 is 10.3 Å². The van der Waals surface area contributed by atoms with E-state index in [2.05, 4.69) is 26.5 Å². The monoisotopic (exact) mass is 255 g/mol. The van der Waals surface area contributed by atoms with Crippen molar-refractivity contribution < 1.29 is 4.79 Å². The van der Waals surface area contributed by atoms with Gasteiger partial charge in [-0.2, -0.15) is 0 Å². The van der Waals surface area contributed by atoms with Crippen LogP contribution in [0.5, 0.6) is 0 Å². The number of nitroso groups, excluding NO2 is 1. The number of carbonyl (C=O) groups is 1. The van der Waals surface area contributed by atoms with Crippen LogP contribution in [0.3, 0.4) is 0 Å². The van der Waals surface area contributed by atoms with Crippen molar-refractivity contribution in [2.45, 2.75) is 0 Å². The first-order chi connectivity index (χ1) is 6.70. The van der Waals surface area contributed by atoms with Gasteiger partial charge in [0.1, 0.15) is 6.54 Å². The normalized spacial score (nSPS) is 14.6. The van der Waals surface area contributed by atoms with Crippen molar-refractivity contribution in [3.05, 3.63) is 27.6 Å². The van der Waals surface area contributed by atoms with Crippen molar-refractivity contribution in [2.24, 2.45) is 5.29 Å². The molecule has 0 spiro atoms. The molecule has 1 amide bonds. The molecule has 2 rings (SSSR count). The highest BCUT2D eigenvalue weighted by molar-refractivity contribution is 9.10. The molecular weight excluding hydrogens is 250 g/mol. The maximum atomic E-state index is 11.1. The van der Waals surface area contributed by atoms with Gasteiger partial charge in [0.25, 0.3) is 0 Å².